The molecule has 0 fully saturated rings. The molecule has 0 aromatic carbocycles. The molecule has 0 spiro atoms. The fraction of sp³-hybridized carbons (Fsp3) is 0.545. The topological polar surface area (TPSA) is 75.1 Å². The molecule has 0 radical (unpaired) electrons. The minimum absolute atomic E-state index is 0.113. The Balaban J connectivity index is 2.65. The van der Waals surface area contributed by atoms with E-state index in [-0.39, 0.29) is 6.04 Å². The summed E-state index contributed by atoms with van der Waals surface area (Å²) in [6.45, 7) is 5.54. The fourth-order valence-corrected chi connectivity index (χ4v) is 2.31. The maximum Gasteiger partial charge on any atom is 0.324 e. The van der Waals surface area contributed by atoms with E-state index in [9.17, 15) is 9.90 Å². The van der Waals surface area contributed by atoms with Gasteiger partial charge in [-0.2, -0.15) is 0 Å². The molecule has 0 bridgehead atoms. The first-order chi connectivity index (χ1) is 7.94. The molecule has 0 aliphatic carbocycles. The van der Waals surface area contributed by atoms with Crippen LogP contribution in [0.4, 0.5) is 0 Å². The monoisotopic (exact) mass is 255 g/mol. The van der Waals surface area contributed by atoms with Crippen LogP contribution in [0.3, 0.4) is 0 Å². The summed E-state index contributed by atoms with van der Waals surface area (Å²) in [6, 6.07) is 1.88. The Morgan fingerprint density at radius 1 is 1.65 bits per heavy atom. The van der Waals surface area contributed by atoms with Crippen LogP contribution < -0.4 is 5.32 Å². The molecule has 0 saturated carbocycles. The average Bonchev–Trinajstić information content (AvgIpc) is 2.27. The average molecular weight is 255 g/mol. The van der Waals surface area contributed by atoms with Gasteiger partial charge in [0.1, 0.15) is 11.9 Å². The smallest absolute Gasteiger partial charge is 0.324 e. The fourth-order valence-electron chi connectivity index (χ4n) is 1.38. The van der Waals surface area contributed by atoms with Gasteiger partial charge in [-0.1, -0.05) is 0 Å². The number of carboxylic acids is 1. The molecule has 1 aromatic heterocycles. The zero-order valence-corrected chi connectivity index (χ0v) is 11.0. The first-order valence-corrected chi connectivity index (χ1v) is 6.32. The number of rotatable bonds is 6. The zero-order chi connectivity index (χ0) is 12.9. The third-order valence-corrected chi connectivity index (χ3v) is 3.40. The number of carbonyl (C=O) groups is 1. The molecule has 0 aliphatic rings. The van der Waals surface area contributed by atoms with Crippen molar-refractivity contribution >= 4 is 17.7 Å². The van der Waals surface area contributed by atoms with Crippen LogP contribution in [0.15, 0.2) is 23.6 Å². The lowest BCUT2D eigenvalue weighted by Crippen LogP contribution is -2.54. The Bertz CT molecular complexity index is 372. The van der Waals surface area contributed by atoms with E-state index in [2.05, 4.69) is 15.3 Å². The van der Waals surface area contributed by atoms with Crippen LogP contribution in [0.5, 0.6) is 0 Å². The van der Waals surface area contributed by atoms with Crippen molar-refractivity contribution < 1.29 is 9.90 Å². The number of aromatic nitrogens is 2. The lowest BCUT2D eigenvalue weighted by Gasteiger charge is -2.28. The molecule has 1 heterocycles. The minimum Gasteiger partial charge on any atom is -0.480 e. The number of nitrogens with zero attached hydrogens (tertiary/aromatic N) is 2. The van der Waals surface area contributed by atoms with Crippen molar-refractivity contribution in [3.8, 4) is 0 Å². The number of hydrogen-bond donors (Lipinski definition) is 2. The molecule has 0 saturated heterocycles. The summed E-state index contributed by atoms with van der Waals surface area (Å²) in [5.41, 5.74) is -0.955. The summed E-state index contributed by atoms with van der Waals surface area (Å²) in [7, 11) is 0. The van der Waals surface area contributed by atoms with Gasteiger partial charge in [-0.3, -0.25) is 10.1 Å². The van der Waals surface area contributed by atoms with Crippen LogP contribution in [0.2, 0.25) is 0 Å². The van der Waals surface area contributed by atoms with Crippen molar-refractivity contribution in [2.24, 2.45) is 0 Å². The van der Waals surface area contributed by atoms with Crippen molar-refractivity contribution in [1.29, 1.82) is 0 Å². The quantitative estimate of drug-likeness (QED) is 0.591. The molecule has 17 heavy (non-hydrogen) atoms. The van der Waals surface area contributed by atoms with Gasteiger partial charge in [0, 0.05) is 18.0 Å². The molecule has 6 heteroatoms. The van der Waals surface area contributed by atoms with Crippen LogP contribution in [-0.2, 0) is 4.79 Å². The molecule has 94 valence electrons. The summed E-state index contributed by atoms with van der Waals surface area (Å²) in [5.74, 6) is -0.440. The molecule has 0 amide bonds. The predicted molar refractivity (Wildman–Crippen MR) is 67.1 cm³/mol. The number of carboxylic acid groups (broad SMARTS) is 1. The van der Waals surface area contributed by atoms with Crippen molar-refractivity contribution in [2.75, 3.05) is 5.75 Å². The number of hydrogen-bond acceptors (Lipinski definition) is 5. The Kier molecular flexibility index (Phi) is 4.89. The van der Waals surface area contributed by atoms with Gasteiger partial charge in [0.15, 0.2) is 0 Å². The Morgan fingerprint density at radius 3 is 2.82 bits per heavy atom. The van der Waals surface area contributed by atoms with Gasteiger partial charge < -0.3 is 5.11 Å². The summed E-state index contributed by atoms with van der Waals surface area (Å²) < 4.78 is 0. The SMILES string of the molecule is CC(C)NC(C)(CSc1ccncn1)C(=O)O. The highest BCUT2D eigenvalue weighted by atomic mass is 32.2. The predicted octanol–water partition coefficient (Wildman–Crippen LogP) is 1.41. The lowest BCUT2D eigenvalue weighted by atomic mass is 10.1. The molecular weight excluding hydrogens is 238 g/mol. The van der Waals surface area contributed by atoms with Crippen molar-refractivity contribution in [2.45, 2.75) is 37.4 Å². The van der Waals surface area contributed by atoms with Crippen LogP contribution in [-0.4, -0.2) is 38.4 Å². The summed E-state index contributed by atoms with van der Waals surface area (Å²) in [6.07, 6.45) is 3.10. The van der Waals surface area contributed by atoms with Gasteiger partial charge in [-0.25, -0.2) is 9.97 Å². The molecule has 2 N–H and O–H groups in total. The van der Waals surface area contributed by atoms with Crippen molar-refractivity contribution in [1.82, 2.24) is 15.3 Å². The van der Waals surface area contributed by atoms with Gasteiger partial charge in [-0.15, -0.1) is 11.8 Å². The van der Waals surface area contributed by atoms with Crippen LogP contribution >= 0.6 is 11.8 Å². The van der Waals surface area contributed by atoms with E-state index in [0.717, 1.165) is 5.03 Å². The standard InChI is InChI=1S/C11H17N3O2S/c1-8(2)14-11(3,10(15)16)6-17-9-4-5-12-7-13-9/h4-5,7-8,14H,6H2,1-3H3,(H,15,16). The first kappa shape index (κ1) is 13.9. The highest BCUT2D eigenvalue weighted by molar-refractivity contribution is 7.99. The normalized spacial score (nSPS) is 14.6. The van der Waals surface area contributed by atoms with E-state index < -0.39 is 11.5 Å². The lowest BCUT2D eigenvalue weighted by molar-refractivity contribution is -0.143. The van der Waals surface area contributed by atoms with Crippen molar-refractivity contribution in [3.05, 3.63) is 18.6 Å². The van der Waals surface area contributed by atoms with Gasteiger partial charge in [-0.05, 0) is 26.8 Å². The second kappa shape index (κ2) is 5.97. The number of aliphatic carboxylic acids is 1. The van der Waals surface area contributed by atoms with Gasteiger partial charge in [0.05, 0.1) is 5.03 Å². The van der Waals surface area contributed by atoms with Crippen molar-refractivity contribution in [3.63, 3.8) is 0 Å². The second-order valence-corrected chi connectivity index (χ2v) is 5.27. The van der Waals surface area contributed by atoms with E-state index in [1.807, 2.05) is 13.8 Å². The Hall–Kier alpha value is -1.14. The summed E-state index contributed by atoms with van der Waals surface area (Å²) in [5, 5.41) is 13.1. The highest BCUT2D eigenvalue weighted by Gasteiger charge is 2.33. The van der Waals surface area contributed by atoms with E-state index in [1.165, 1.54) is 18.1 Å². The van der Waals surface area contributed by atoms with E-state index in [1.54, 1.807) is 19.2 Å². The number of thioether (sulfide) groups is 1. The van der Waals surface area contributed by atoms with Gasteiger partial charge >= 0.3 is 5.97 Å². The first-order valence-electron chi connectivity index (χ1n) is 5.34. The minimum atomic E-state index is -0.955. The third-order valence-electron chi connectivity index (χ3n) is 2.14. The molecule has 1 aromatic rings. The third kappa shape index (κ3) is 4.32. The Morgan fingerprint density at radius 2 is 2.35 bits per heavy atom. The summed E-state index contributed by atoms with van der Waals surface area (Å²) >= 11 is 1.40. The van der Waals surface area contributed by atoms with Crippen LogP contribution in [0, 0.1) is 0 Å². The highest BCUT2D eigenvalue weighted by Crippen LogP contribution is 2.20. The number of nitrogens with one attached hydrogen (secondary N) is 1. The maximum atomic E-state index is 11.3. The molecule has 1 unspecified atom stereocenters. The Labute approximate surface area is 105 Å². The second-order valence-electron chi connectivity index (χ2n) is 4.27. The molecule has 5 nitrogen and oxygen atoms in total. The summed E-state index contributed by atoms with van der Waals surface area (Å²) in [4.78, 5) is 19.1. The molecule has 1 atom stereocenters. The maximum absolute atomic E-state index is 11.3. The van der Waals surface area contributed by atoms with Gasteiger partial charge in [0.2, 0.25) is 0 Å². The zero-order valence-electron chi connectivity index (χ0n) is 10.2. The van der Waals surface area contributed by atoms with E-state index >= 15 is 0 Å². The molecule has 1 rings (SSSR count). The largest absolute Gasteiger partial charge is 0.480 e. The van der Waals surface area contributed by atoms with E-state index in [0.29, 0.717) is 5.75 Å². The van der Waals surface area contributed by atoms with Crippen LogP contribution in [0.1, 0.15) is 20.8 Å². The van der Waals surface area contributed by atoms with E-state index in [4.69, 9.17) is 0 Å². The molecular formula is C11H17N3O2S. The van der Waals surface area contributed by atoms with Gasteiger partial charge in [0.25, 0.3) is 0 Å². The van der Waals surface area contributed by atoms with Crippen LogP contribution in [0.25, 0.3) is 0 Å². The molecule has 0 aliphatic heterocycles.